The Morgan fingerprint density at radius 1 is 1.04 bits per heavy atom. The second-order valence-electron chi connectivity index (χ2n) is 5.79. The van der Waals surface area contributed by atoms with Crippen LogP contribution in [0.15, 0.2) is 48.5 Å². The summed E-state index contributed by atoms with van der Waals surface area (Å²) in [5, 5.41) is 9.76. The van der Waals surface area contributed by atoms with Gasteiger partial charge in [0.2, 0.25) is 0 Å². The number of H-pyrrole nitrogens is 2. The van der Waals surface area contributed by atoms with Gasteiger partial charge in [-0.3, -0.25) is 9.89 Å². The number of amides is 1. The maximum Gasteiger partial charge on any atom is 0.257 e. The Balaban J connectivity index is 1.54. The van der Waals surface area contributed by atoms with E-state index in [0.717, 1.165) is 11.0 Å². The van der Waals surface area contributed by atoms with E-state index >= 15 is 0 Å². The largest absolute Gasteiger partial charge is 0.493 e. The molecule has 2 heterocycles. The number of methoxy groups -OCH3 is 2. The van der Waals surface area contributed by atoms with Crippen molar-refractivity contribution < 1.29 is 14.3 Å². The number of aromatic amines is 2. The molecule has 4 aromatic rings. The molecule has 0 bridgehead atoms. The minimum Gasteiger partial charge on any atom is -0.493 e. The third-order valence-corrected chi connectivity index (χ3v) is 4.11. The summed E-state index contributed by atoms with van der Waals surface area (Å²) in [6.45, 7) is 0. The number of fused-ring (bicyclic) bond motifs is 1. The van der Waals surface area contributed by atoms with Crippen LogP contribution < -0.4 is 14.8 Å². The van der Waals surface area contributed by atoms with Gasteiger partial charge < -0.3 is 19.8 Å². The molecular formula is C19H17N5O3. The van der Waals surface area contributed by atoms with Crippen molar-refractivity contribution >= 4 is 22.8 Å². The van der Waals surface area contributed by atoms with Gasteiger partial charge in [-0.1, -0.05) is 12.1 Å². The summed E-state index contributed by atoms with van der Waals surface area (Å²) in [5.41, 5.74) is 2.89. The molecule has 8 heteroatoms. The SMILES string of the molecule is COc1ccc(C(=O)Nc2cc(-c3nc4ccccc4[nH]3)[nH]n2)cc1OC. The van der Waals surface area contributed by atoms with Crippen molar-refractivity contribution in [1.82, 2.24) is 20.2 Å². The van der Waals surface area contributed by atoms with Gasteiger partial charge in [0, 0.05) is 11.6 Å². The number of nitrogens with zero attached hydrogens (tertiary/aromatic N) is 2. The summed E-state index contributed by atoms with van der Waals surface area (Å²) in [6.07, 6.45) is 0. The summed E-state index contributed by atoms with van der Waals surface area (Å²) in [6, 6.07) is 14.4. The van der Waals surface area contributed by atoms with Crippen LogP contribution in [0.2, 0.25) is 0 Å². The monoisotopic (exact) mass is 363 g/mol. The van der Waals surface area contributed by atoms with Gasteiger partial charge in [-0.25, -0.2) is 4.98 Å². The molecule has 0 radical (unpaired) electrons. The number of para-hydroxylation sites is 2. The van der Waals surface area contributed by atoms with Crippen LogP contribution in [0, 0.1) is 0 Å². The molecule has 8 nitrogen and oxygen atoms in total. The molecule has 27 heavy (non-hydrogen) atoms. The number of aromatic nitrogens is 4. The van der Waals surface area contributed by atoms with Crippen molar-refractivity contribution in [2.24, 2.45) is 0 Å². The summed E-state index contributed by atoms with van der Waals surface area (Å²) in [4.78, 5) is 20.2. The lowest BCUT2D eigenvalue weighted by molar-refractivity contribution is 0.102. The summed E-state index contributed by atoms with van der Waals surface area (Å²) in [5.74, 6) is 1.77. The molecule has 0 aliphatic carbocycles. The quantitative estimate of drug-likeness (QED) is 0.505. The van der Waals surface area contributed by atoms with Gasteiger partial charge in [0.15, 0.2) is 23.1 Å². The van der Waals surface area contributed by atoms with E-state index in [2.05, 4.69) is 25.5 Å². The Bertz CT molecular complexity index is 1080. The van der Waals surface area contributed by atoms with Gasteiger partial charge in [0.1, 0.15) is 5.69 Å². The van der Waals surface area contributed by atoms with Crippen LogP contribution in [0.25, 0.3) is 22.6 Å². The van der Waals surface area contributed by atoms with E-state index in [9.17, 15) is 4.79 Å². The van der Waals surface area contributed by atoms with E-state index in [4.69, 9.17) is 9.47 Å². The van der Waals surface area contributed by atoms with Crippen LogP contribution in [-0.4, -0.2) is 40.3 Å². The van der Waals surface area contributed by atoms with Crippen molar-refractivity contribution in [3.05, 3.63) is 54.1 Å². The first-order valence-corrected chi connectivity index (χ1v) is 8.22. The highest BCUT2D eigenvalue weighted by atomic mass is 16.5. The van der Waals surface area contributed by atoms with E-state index in [1.54, 1.807) is 31.4 Å². The number of carbonyl (C=O) groups is 1. The van der Waals surface area contributed by atoms with E-state index in [1.165, 1.54) is 7.11 Å². The van der Waals surface area contributed by atoms with E-state index in [0.29, 0.717) is 34.4 Å². The van der Waals surface area contributed by atoms with Crippen molar-refractivity contribution in [3.63, 3.8) is 0 Å². The fourth-order valence-electron chi connectivity index (χ4n) is 2.75. The van der Waals surface area contributed by atoms with Gasteiger partial charge in [-0.15, -0.1) is 0 Å². The van der Waals surface area contributed by atoms with Crippen LogP contribution in [0.3, 0.4) is 0 Å². The highest BCUT2D eigenvalue weighted by molar-refractivity contribution is 6.04. The molecule has 0 saturated heterocycles. The number of ether oxygens (including phenoxy) is 2. The minimum atomic E-state index is -0.307. The zero-order chi connectivity index (χ0) is 18.8. The Morgan fingerprint density at radius 3 is 2.63 bits per heavy atom. The number of benzene rings is 2. The topological polar surface area (TPSA) is 105 Å². The van der Waals surface area contributed by atoms with Gasteiger partial charge in [-0.2, -0.15) is 5.10 Å². The molecule has 0 unspecified atom stereocenters. The molecule has 4 rings (SSSR count). The van der Waals surface area contributed by atoms with Crippen LogP contribution in [0.5, 0.6) is 11.5 Å². The maximum atomic E-state index is 12.5. The van der Waals surface area contributed by atoms with Crippen molar-refractivity contribution in [2.75, 3.05) is 19.5 Å². The smallest absolute Gasteiger partial charge is 0.257 e. The Morgan fingerprint density at radius 2 is 1.85 bits per heavy atom. The summed E-state index contributed by atoms with van der Waals surface area (Å²) < 4.78 is 10.4. The highest BCUT2D eigenvalue weighted by Gasteiger charge is 2.14. The normalized spacial score (nSPS) is 10.7. The van der Waals surface area contributed by atoms with Gasteiger partial charge >= 0.3 is 0 Å². The lowest BCUT2D eigenvalue weighted by atomic mass is 10.2. The molecule has 0 saturated carbocycles. The first-order chi connectivity index (χ1) is 13.2. The molecule has 0 fully saturated rings. The predicted octanol–water partition coefficient (Wildman–Crippen LogP) is 3.22. The average molecular weight is 363 g/mol. The maximum absolute atomic E-state index is 12.5. The van der Waals surface area contributed by atoms with Crippen molar-refractivity contribution in [3.8, 4) is 23.0 Å². The first-order valence-electron chi connectivity index (χ1n) is 8.22. The van der Waals surface area contributed by atoms with Gasteiger partial charge in [0.05, 0.1) is 25.3 Å². The minimum absolute atomic E-state index is 0.307. The summed E-state index contributed by atoms with van der Waals surface area (Å²) >= 11 is 0. The fraction of sp³-hybridized carbons (Fsp3) is 0.105. The Hall–Kier alpha value is -3.81. The number of nitrogens with one attached hydrogen (secondary N) is 3. The third kappa shape index (κ3) is 3.20. The van der Waals surface area contributed by atoms with Crippen molar-refractivity contribution in [1.29, 1.82) is 0 Å². The Kier molecular flexibility index (Phi) is 4.21. The molecule has 3 N–H and O–H groups in total. The molecule has 136 valence electrons. The average Bonchev–Trinajstić information content (AvgIpc) is 3.33. The van der Waals surface area contributed by atoms with Gasteiger partial charge in [0.25, 0.3) is 5.91 Å². The van der Waals surface area contributed by atoms with Crippen LogP contribution in [0.4, 0.5) is 5.82 Å². The standard InChI is InChI=1S/C19H17N5O3/c1-26-15-8-7-11(9-16(15)27-2)19(25)22-17-10-14(23-24-17)18-20-12-5-3-4-6-13(12)21-18/h3-10H,1-2H3,(H,20,21)(H2,22,23,24,25). The Labute approximate surface area is 154 Å². The molecular weight excluding hydrogens is 346 g/mol. The predicted molar refractivity (Wildman–Crippen MR) is 101 cm³/mol. The first kappa shape index (κ1) is 16.6. The van der Waals surface area contributed by atoms with E-state index in [-0.39, 0.29) is 5.91 Å². The number of rotatable bonds is 5. The number of anilines is 1. The van der Waals surface area contributed by atoms with Crippen LogP contribution >= 0.6 is 0 Å². The molecule has 2 aromatic carbocycles. The lowest BCUT2D eigenvalue weighted by Crippen LogP contribution is -2.12. The van der Waals surface area contributed by atoms with E-state index in [1.807, 2.05) is 24.3 Å². The van der Waals surface area contributed by atoms with Crippen LogP contribution in [-0.2, 0) is 0 Å². The second-order valence-corrected chi connectivity index (χ2v) is 5.79. The third-order valence-electron chi connectivity index (χ3n) is 4.11. The lowest BCUT2D eigenvalue weighted by Gasteiger charge is -2.09. The van der Waals surface area contributed by atoms with Crippen LogP contribution in [0.1, 0.15) is 10.4 Å². The molecule has 0 aliphatic rings. The molecule has 0 spiro atoms. The molecule has 0 aliphatic heterocycles. The number of hydrogen-bond donors (Lipinski definition) is 3. The number of hydrogen-bond acceptors (Lipinski definition) is 5. The zero-order valence-corrected chi connectivity index (χ0v) is 14.7. The zero-order valence-electron chi connectivity index (χ0n) is 14.7. The number of carbonyl (C=O) groups excluding carboxylic acids is 1. The highest BCUT2D eigenvalue weighted by Crippen LogP contribution is 2.28. The summed E-state index contributed by atoms with van der Waals surface area (Å²) in [7, 11) is 3.06. The molecule has 1 amide bonds. The fourth-order valence-corrected chi connectivity index (χ4v) is 2.75. The second kappa shape index (κ2) is 6.83. The molecule has 0 atom stereocenters. The van der Waals surface area contributed by atoms with Gasteiger partial charge in [-0.05, 0) is 30.3 Å². The van der Waals surface area contributed by atoms with E-state index < -0.39 is 0 Å². The van der Waals surface area contributed by atoms with Crippen molar-refractivity contribution in [2.45, 2.75) is 0 Å². The molecule has 2 aromatic heterocycles. The number of imidazole rings is 1.